The van der Waals surface area contributed by atoms with E-state index in [1.54, 1.807) is 54.5 Å². The Morgan fingerprint density at radius 1 is 1.32 bits per heavy atom. The molecule has 2 aromatic heterocycles. The summed E-state index contributed by atoms with van der Waals surface area (Å²) in [6, 6.07) is 6.29. The lowest BCUT2D eigenvalue weighted by Gasteiger charge is -2.00. The third-order valence-electron chi connectivity index (χ3n) is 3.34. The maximum Gasteiger partial charge on any atom is 0.420 e. The van der Waals surface area contributed by atoms with Crippen molar-refractivity contribution in [2.24, 2.45) is 7.05 Å². The molecular formula is C16H17N5O4+2. The molecule has 3 rings (SSSR count). The Morgan fingerprint density at radius 2 is 2.08 bits per heavy atom. The highest BCUT2D eigenvalue weighted by Crippen LogP contribution is 2.08. The molecule has 0 saturated heterocycles. The normalized spacial score (nSPS) is 10.5. The molecule has 1 aromatic carbocycles. The molecule has 0 fully saturated rings. The van der Waals surface area contributed by atoms with Gasteiger partial charge in [-0.25, -0.2) is 19.5 Å². The molecule has 1 amide bonds. The first kappa shape index (κ1) is 16.4. The molecule has 0 radical (unpaired) electrons. The largest absolute Gasteiger partial charge is 0.462 e. The van der Waals surface area contributed by atoms with Gasteiger partial charge in [-0.2, -0.15) is 4.57 Å². The van der Waals surface area contributed by atoms with E-state index in [2.05, 4.69) is 10.6 Å². The number of nitrogens with one attached hydrogen (secondary N) is 1. The SMILES string of the molecule is CCOC(=O)c1ccc(-[n+]2cc(NC(=O)n3cc[n+](C)c3)on2)cc1. The van der Waals surface area contributed by atoms with Crippen molar-refractivity contribution in [3.8, 4) is 5.69 Å². The average molecular weight is 343 g/mol. The number of rotatable bonds is 4. The molecule has 25 heavy (non-hydrogen) atoms. The van der Waals surface area contributed by atoms with Crippen molar-refractivity contribution in [2.75, 3.05) is 11.9 Å². The molecule has 0 unspecified atom stereocenters. The van der Waals surface area contributed by atoms with Crippen LogP contribution in [0.15, 0.2) is 53.7 Å². The molecule has 3 aromatic rings. The first-order chi connectivity index (χ1) is 12.1. The summed E-state index contributed by atoms with van der Waals surface area (Å²) >= 11 is 0. The van der Waals surface area contributed by atoms with Crippen molar-refractivity contribution in [1.82, 2.24) is 9.84 Å². The minimum absolute atomic E-state index is 0.191. The van der Waals surface area contributed by atoms with Gasteiger partial charge in [-0.1, -0.05) is 0 Å². The zero-order chi connectivity index (χ0) is 17.8. The van der Waals surface area contributed by atoms with Crippen LogP contribution in [0, 0.1) is 0 Å². The number of anilines is 1. The van der Waals surface area contributed by atoms with Crippen LogP contribution in [0.1, 0.15) is 17.3 Å². The highest BCUT2D eigenvalue weighted by atomic mass is 16.5. The smallest absolute Gasteiger partial charge is 0.420 e. The van der Waals surface area contributed by atoms with E-state index in [0.717, 1.165) is 0 Å². The van der Waals surface area contributed by atoms with Crippen molar-refractivity contribution >= 4 is 17.9 Å². The van der Waals surface area contributed by atoms with E-state index in [0.29, 0.717) is 17.9 Å². The second kappa shape index (κ2) is 6.95. The quantitative estimate of drug-likeness (QED) is 0.559. The summed E-state index contributed by atoms with van der Waals surface area (Å²) < 4.78 is 14.6. The molecule has 9 nitrogen and oxygen atoms in total. The summed E-state index contributed by atoms with van der Waals surface area (Å²) in [6.07, 6.45) is 6.51. The lowest BCUT2D eigenvalue weighted by atomic mass is 10.2. The fraction of sp³-hybridized carbons (Fsp3) is 0.188. The number of aryl methyl sites for hydroxylation is 1. The fourth-order valence-electron chi connectivity index (χ4n) is 2.13. The van der Waals surface area contributed by atoms with E-state index in [9.17, 15) is 9.59 Å². The number of carbonyl (C=O) groups is 2. The van der Waals surface area contributed by atoms with Gasteiger partial charge in [0.05, 0.1) is 19.2 Å². The fourth-order valence-corrected chi connectivity index (χ4v) is 2.13. The molecule has 2 heterocycles. The number of esters is 1. The molecule has 0 spiro atoms. The van der Waals surface area contributed by atoms with Gasteiger partial charge < -0.3 is 4.74 Å². The number of benzene rings is 1. The van der Waals surface area contributed by atoms with E-state index < -0.39 is 0 Å². The van der Waals surface area contributed by atoms with E-state index >= 15 is 0 Å². The summed E-state index contributed by atoms with van der Waals surface area (Å²) in [7, 11) is 1.81. The average Bonchev–Trinajstić information content (AvgIpc) is 3.24. The van der Waals surface area contributed by atoms with Gasteiger partial charge in [0.25, 0.3) is 12.5 Å². The monoisotopic (exact) mass is 343 g/mol. The van der Waals surface area contributed by atoms with Crippen LogP contribution in [0.3, 0.4) is 0 Å². The van der Waals surface area contributed by atoms with Gasteiger partial charge in [-0.05, 0) is 23.7 Å². The summed E-state index contributed by atoms with van der Waals surface area (Å²) in [5.74, 6) is -0.192. The Hall–Kier alpha value is -3.49. The minimum atomic E-state index is -0.382. The second-order valence-corrected chi connectivity index (χ2v) is 5.19. The summed E-state index contributed by atoms with van der Waals surface area (Å²) in [4.78, 5) is 23.7. The highest BCUT2D eigenvalue weighted by molar-refractivity contribution is 5.89. The Morgan fingerprint density at radius 3 is 2.72 bits per heavy atom. The van der Waals surface area contributed by atoms with E-state index in [4.69, 9.17) is 9.26 Å². The Kier molecular flexibility index (Phi) is 4.55. The molecule has 0 atom stereocenters. The number of carbonyl (C=O) groups excluding carboxylic acids is 2. The van der Waals surface area contributed by atoms with Gasteiger partial charge in [0.2, 0.25) is 11.0 Å². The Labute approximate surface area is 143 Å². The van der Waals surface area contributed by atoms with Gasteiger partial charge in [0.1, 0.15) is 12.4 Å². The number of hydrogen-bond donors (Lipinski definition) is 1. The molecule has 0 saturated carbocycles. The van der Waals surface area contributed by atoms with Crippen molar-refractivity contribution in [2.45, 2.75) is 6.92 Å². The van der Waals surface area contributed by atoms with Crippen molar-refractivity contribution in [1.29, 1.82) is 0 Å². The molecule has 1 N–H and O–H groups in total. The summed E-state index contributed by atoms with van der Waals surface area (Å²) in [5.41, 5.74) is 1.12. The predicted molar refractivity (Wildman–Crippen MR) is 84.0 cm³/mol. The number of hydrogen-bond acceptors (Lipinski definition) is 5. The molecule has 0 aliphatic rings. The Bertz CT molecular complexity index is 897. The number of imidazole rings is 1. The van der Waals surface area contributed by atoms with Crippen LogP contribution in [0.5, 0.6) is 0 Å². The zero-order valence-electron chi connectivity index (χ0n) is 13.7. The van der Waals surface area contributed by atoms with Crippen molar-refractivity contribution in [3.05, 3.63) is 54.7 Å². The first-order valence-corrected chi connectivity index (χ1v) is 7.57. The van der Waals surface area contributed by atoms with Crippen LogP contribution < -0.4 is 14.6 Å². The van der Waals surface area contributed by atoms with Crippen LogP contribution in [0.4, 0.5) is 10.7 Å². The van der Waals surface area contributed by atoms with Crippen LogP contribution >= 0.6 is 0 Å². The van der Waals surface area contributed by atoms with Crippen molar-refractivity contribution in [3.63, 3.8) is 0 Å². The number of ether oxygens (including phenoxy) is 1. The summed E-state index contributed by atoms with van der Waals surface area (Å²) in [6.45, 7) is 2.07. The molecule has 128 valence electrons. The lowest BCUT2D eigenvalue weighted by molar-refractivity contribution is -0.670. The van der Waals surface area contributed by atoms with Gasteiger partial charge in [0.15, 0.2) is 0 Å². The number of nitrogens with zero attached hydrogens (tertiary/aromatic N) is 4. The zero-order valence-corrected chi connectivity index (χ0v) is 13.7. The van der Waals surface area contributed by atoms with Gasteiger partial charge in [0, 0.05) is 12.1 Å². The number of aromatic nitrogens is 4. The number of amides is 1. The van der Waals surface area contributed by atoms with Crippen LogP contribution in [-0.2, 0) is 11.8 Å². The third kappa shape index (κ3) is 3.71. The first-order valence-electron chi connectivity index (χ1n) is 7.57. The summed E-state index contributed by atoms with van der Waals surface area (Å²) in [5, 5.41) is 6.44. The third-order valence-corrected chi connectivity index (χ3v) is 3.34. The van der Waals surface area contributed by atoms with Gasteiger partial charge in [-0.15, -0.1) is 0 Å². The van der Waals surface area contributed by atoms with Crippen LogP contribution in [0.25, 0.3) is 5.69 Å². The molecule has 9 heteroatoms. The maximum absolute atomic E-state index is 12.0. The molecule has 0 bridgehead atoms. The van der Waals surface area contributed by atoms with E-state index in [-0.39, 0.29) is 17.9 Å². The molecule has 0 aliphatic heterocycles. The highest BCUT2D eigenvalue weighted by Gasteiger charge is 2.20. The Balaban J connectivity index is 1.70. The van der Waals surface area contributed by atoms with Crippen molar-refractivity contribution < 1.29 is 28.1 Å². The second-order valence-electron chi connectivity index (χ2n) is 5.19. The van der Waals surface area contributed by atoms with Gasteiger partial charge >= 0.3 is 17.9 Å². The topological polar surface area (TPSA) is 94.1 Å². The maximum atomic E-state index is 12.0. The van der Waals surface area contributed by atoms with E-state index in [1.165, 1.54) is 15.4 Å². The standard InChI is InChI=1S/C16H16N5O4/c1-3-24-15(22)12-4-6-13(7-5-12)21-10-14(25-18-21)17-16(23)20-9-8-19(2)11-20/h4-11H,3H2,1-2H3/q+1/p+1. The molecular weight excluding hydrogens is 326 g/mol. The lowest BCUT2D eigenvalue weighted by Crippen LogP contribution is -2.31. The molecule has 0 aliphatic carbocycles. The van der Waals surface area contributed by atoms with Gasteiger partial charge in [-0.3, -0.25) is 4.52 Å². The minimum Gasteiger partial charge on any atom is -0.462 e. The van der Waals surface area contributed by atoms with E-state index in [1.807, 2.05) is 7.05 Å². The van der Waals surface area contributed by atoms with Crippen LogP contribution in [-0.4, -0.2) is 28.4 Å². The van der Waals surface area contributed by atoms with Crippen LogP contribution in [0.2, 0.25) is 0 Å². The predicted octanol–water partition coefficient (Wildman–Crippen LogP) is 0.834.